The summed E-state index contributed by atoms with van der Waals surface area (Å²) in [5.41, 5.74) is 1.83. The molecule has 1 unspecified atom stereocenters. The summed E-state index contributed by atoms with van der Waals surface area (Å²) in [4.78, 5) is 16.1. The first-order valence-electron chi connectivity index (χ1n) is 9.23. The van der Waals surface area contributed by atoms with E-state index in [9.17, 15) is 10.1 Å². The molecule has 2 aliphatic heterocycles. The number of hydrogen-bond donors (Lipinski definition) is 0. The second-order valence-electron chi connectivity index (χ2n) is 6.71. The van der Waals surface area contributed by atoms with Crippen molar-refractivity contribution in [3.8, 4) is 17.6 Å². The highest BCUT2D eigenvalue weighted by atomic mass is 16.7. The predicted molar refractivity (Wildman–Crippen MR) is 101 cm³/mol. The molecule has 2 aromatic rings. The third-order valence-electron chi connectivity index (χ3n) is 4.98. The van der Waals surface area contributed by atoms with Gasteiger partial charge in [0.25, 0.3) is 0 Å². The van der Waals surface area contributed by atoms with Crippen LogP contribution in [0.1, 0.15) is 17.2 Å². The first kappa shape index (κ1) is 18.1. The molecule has 0 aliphatic carbocycles. The van der Waals surface area contributed by atoms with Gasteiger partial charge in [0.15, 0.2) is 11.5 Å². The Labute approximate surface area is 163 Å². The zero-order chi connectivity index (χ0) is 19.3. The molecular formula is C21H21N3O4. The van der Waals surface area contributed by atoms with Crippen LogP contribution in [-0.4, -0.2) is 48.9 Å². The van der Waals surface area contributed by atoms with Crippen molar-refractivity contribution in [2.75, 3.05) is 33.0 Å². The third kappa shape index (κ3) is 3.87. The standard InChI is InChI=1S/C21H21N3O4/c22-13-18(17-6-7-19-20(12-17)28-15-27-19)23-8-10-24(11-9-23)21(25)26-14-16-4-2-1-3-5-16/h1-7,12,18H,8-11,14-15H2. The molecule has 2 aromatic carbocycles. The van der Waals surface area contributed by atoms with Crippen LogP contribution in [0.2, 0.25) is 0 Å². The molecule has 1 fully saturated rings. The van der Waals surface area contributed by atoms with Gasteiger partial charge in [0.1, 0.15) is 12.6 Å². The van der Waals surface area contributed by atoms with Crippen molar-refractivity contribution in [1.29, 1.82) is 5.26 Å². The van der Waals surface area contributed by atoms with Crippen LogP contribution < -0.4 is 9.47 Å². The smallest absolute Gasteiger partial charge is 0.410 e. The number of rotatable bonds is 4. The molecule has 0 bridgehead atoms. The van der Waals surface area contributed by atoms with E-state index in [1.165, 1.54) is 0 Å². The minimum Gasteiger partial charge on any atom is -0.454 e. The topological polar surface area (TPSA) is 75.0 Å². The molecule has 1 amide bonds. The largest absolute Gasteiger partial charge is 0.454 e. The van der Waals surface area contributed by atoms with Crippen molar-refractivity contribution in [1.82, 2.24) is 9.80 Å². The maximum absolute atomic E-state index is 12.3. The number of amides is 1. The summed E-state index contributed by atoms with van der Waals surface area (Å²) in [5.74, 6) is 1.37. The SMILES string of the molecule is N#CC(c1ccc2c(c1)OCO2)N1CCN(C(=O)OCc2ccccc2)CC1. The van der Waals surface area contributed by atoms with Crippen molar-refractivity contribution < 1.29 is 19.0 Å². The number of carbonyl (C=O) groups is 1. The average Bonchev–Trinajstić information content (AvgIpc) is 3.22. The summed E-state index contributed by atoms with van der Waals surface area (Å²) in [6.45, 7) is 2.73. The van der Waals surface area contributed by atoms with Crippen molar-refractivity contribution in [3.63, 3.8) is 0 Å². The van der Waals surface area contributed by atoms with Gasteiger partial charge in [-0.3, -0.25) is 4.90 Å². The number of piperazine rings is 1. The molecule has 0 saturated carbocycles. The minimum atomic E-state index is -0.392. The van der Waals surface area contributed by atoms with Gasteiger partial charge in [0.2, 0.25) is 6.79 Å². The molecule has 2 heterocycles. The number of nitriles is 1. The van der Waals surface area contributed by atoms with Crippen LogP contribution >= 0.6 is 0 Å². The lowest BCUT2D eigenvalue weighted by molar-refractivity contribution is 0.0661. The quantitative estimate of drug-likeness (QED) is 0.813. The molecule has 28 heavy (non-hydrogen) atoms. The summed E-state index contributed by atoms with van der Waals surface area (Å²) in [6.07, 6.45) is -0.319. The Balaban J connectivity index is 1.32. The molecule has 0 aromatic heterocycles. The molecule has 7 heteroatoms. The van der Waals surface area contributed by atoms with Crippen molar-refractivity contribution in [3.05, 3.63) is 59.7 Å². The average molecular weight is 379 g/mol. The van der Waals surface area contributed by atoms with Crippen molar-refractivity contribution in [2.45, 2.75) is 12.6 Å². The number of fused-ring (bicyclic) bond motifs is 1. The number of carbonyl (C=O) groups excluding carboxylic acids is 1. The van der Waals surface area contributed by atoms with E-state index < -0.39 is 6.04 Å². The van der Waals surface area contributed by atoms with Crippen LogP contribution in [0.5, 0.6) is 11.5 Å². The molecule has 2 aliphatic rings. The number of hydrogen-bond acceptors (Lipinski definition) is 6. The van der Waals surface area contributed by atoms with Crippen molar-refractivity contribution in [2.24, 2.45) is 0 Å². The van der Waals surface area contributed by atoms with E-state index in [0.717, 1.165) is 11.1 Å². The summed E-state index contributed by atoms with van der Waals surface area (Å²) >= 11 is 0. The normalized spacial score (nSPS) is 17.0. The Bertz CT molecular complexity index is 873. The molecule has 0 radical (unpaired) electrons. The molecule has 4 rings (SSSR count). The lowest BCUT2D eigenvalue weighted by Crippen LogP contribution is -2.49. The van der Waals surface area contributed by atoms with Gasteiger partial charge in [-0.25, -0.2) is 4.79 Å². The van der Waals surface area contributed by atoms with Gasteiger partial charge in [-0.15, -0.1) is 0 Å². The Kier molecular flexibility index (Phi) is 5.31. The first-order valence-corrected chi connectivity index (χ1v) is 9.23. The summed E-state index contributed by atoms with van der Waals surface area (Å²) in [6, 6.07) is 17.2. The maximum atomic E-state index is 12.3. The second kappa shape index (κ2) is 8.19. The second-order valence-corrected chi connectivity index (χ2v) is 6.71. The first-order chi connectivity index (χ1) is 13.7. The van der Waals surface area contributed by atoms with Gasteiger partial charge in [-0.05, 0) is 23.3 Å². The molecule has 144 valence electrons. The molecular weight excluding hydrogens is 358 g/mol. The number of benzene rings is 2. The van der Waals surface area contributed by atoms with Gasteiger partial charge >= 0.3 is 6.09 Å². The van der Waals surface area contributed by atoms with Crippen LogP contribution in [0.4, 0.5) is 4.79 Å². The fourth-order valence-electron chi connectivity index (χ4n) is 3.42. The Morgan fingerprint density at radius 2 is 1.82 bits per heavy atom. The van der Waals surface area contributed by atoms with Crippen LogP contribution in [0.25, 0.3) is 0 Å². The highest BCUT2D eigenvalue weighted by Gasteiger charge is 2.28. The van der Waals surface area contributed by atoms with E-state index in [4.69, 9.17) is 14.2 Å². The number of nitrogens with zero attached hydrogens (tertiary/aromatic N) is 3. The van der Waals surface area contributed by atoms with Crippen LogP contribution in [-0.2, 0) is 11.3 Å². The summed E-state index contributed by atoms with van der Waals surface area (Å²) in [7, 11) is 0. The summed E-state index contributed by atoms with van der Waals surface area (Å²) < 4.78 is 16.1. The molecule has 1 saturated heterocycles. The molecule has 7 nitrogen and oxygen atoms in total. The highest BCUT2D eigenvalue weighted by molar-refractivity contribution is 5.67. The fraction of sp³-hybridized carbons (Fsp3) is 0.333. The lowest BCUT2D eigenvalue weighted by Gasteiger charge is -2.36. The van der Waals surface area contributed by atoms with Crippen LogP contribution in [0.3, 0.4) is 0 Å². The lowest BCUT2D eigenvalue weighted by atomic mass is 10.0. The van der Waals surface area contributed by atoms with Gasteiger partial charge in [0, 0.05) is 26.2 Å². The van der Waals surface area contributed by atoms with E-state index in [0.29, 0.717) is 37.7 Å². The van der Waals surface area contributed by atoms with Gasteiger partial charge in [-0.2, -0.15) is 5.26 Å². The van der Waals surface area contributed by atoms with Crippen LogP contribution in [0.15, 0.2) is 48.5 Å². The third-order valence-corrected chi connectivity index (χ3v) is 4.98. The molecule has 1 atom stereocenters. The van der Waals surface area contributed by atoms with E-state index in [-0.39, 0.29) is 19.5 Å². The predicted octanol–water partition coefficient (Wildman–Crippen LogP) is 2.93. The molecule has 0 spiro atoms. The van der Waals surface area contributed by atoms with E-state index in [1.54, 1.807) is 4.90 Å². The summed E-state index contributed by atoms with van der Waals surface area (Å²) in [5, 5.41) is 9.70. The van der Waals surface area contributed by atoms with Gasteiger partial charge in [-0.1, -0.05) is 36.4 Å². The monoisotopic (exact) mass is 379 g/mol. The van der Waals surface area contributed by atoms with E-state index >= 15 is 0 Å². The molecule has 0 N–H and O–H groups in total. The minimum absolute atomic E-state index is 0.208. The van der Waals surface area contributed by atoms with Gasteiger partial charge in [0.05, 0.1) is 6.07 Å². The Hall–Kier alpha value is -3.24. The van der Waals surface area contributed by atoms with Gasteiger partial charge < -0.3 is 19.1 Å². The zero-order valence-electron chi connectivity index (χ0n) is 15.4. The van der Waals surface area contributed by atoms with Crippen molar-refractivity contribution >= 4 is 6.09 Å². The highest BCUT2D eigenvalue weighted by Crippen LogP contribution is 2.35. The zero-order valence-corrected chi connectivity index (χ0v) is 15.4. The fourth-order valence-corrected chi connectivity index (χ4v) is 3.42. The van der Waals surface area contributed by atoms with E-state index in [2.05, 4.69) is 11.0 Å². The Morgan fingerprint density at radius 3 is 2.57 bits per heavy atom. The number of ether oxygens (including phenoxy) is 3. The van der Waals surface area contributed by atoms with Crippen LogP contribution in [0, 0.1) is 11.3 Å². The maximum Gasteiger partial charge on any atom is 0.410 e. The Morgan fingerprint density at radius 1 is 1.07 bits per heavy atom. The van der Waals surface area contributed by atoms with E-state index in [1.807, 2.05) is 48.5 Å².